The van der Waals surface area contributed by atoms with Crippen molar-refractivity contribution in [3.63, 3.8) is 0 Å². The molecule has 0 amide bonds. The molecule has 0 bridgehead atoms. The molecule has 19 heavy (non-hydrogen) atoms. The fourth-order valence-electron chi connectivity index (χ4n) is 2.48. The van der Waals surface area contributed by atoms with Crippen molar-refractivity contribution in [2.45, 2.75) is 19.4 Å². The molecule has 0 aliphatic rings. The molecular formula is C14H19Cl2N3. The molecule has 0 saturated carbocycles. The molecule has 3 nitrogen and oxygen atoms in total. The van der Waals surface area contributed by atoms with Crippen LogP contribution in [0.2, 0.25) is 5.02 Å². The molecule has 0 radical (unpaired) electrons. The van der Waals surface area contributed by atoms with Crippen LogP contribution in [-0.4, -0.2) is 41.0 Å². The molecule has 0 aliphatic heterocycles. The van der Waals surface area contributed by atoms with Crippen LogP contribution in [0.4, 0.5) is 0 Å². The first-order valence-corrected chi connectivity index (χ1v) is 7.31. The Morgan fingerprint density at radius 3 is 2.74 bits per heavy atom. The third-order valence-electron chi connectivity index (χ3n) is 3.11. The van der Waals surface area contributed by atoms with Gasteiger partial charge in [-0.3, -0.25) is 0 Å². The summed E-state index contributed by atoms with van der Waals surface area (Å²) >= 11 is 11.9. The lowest BCUT2D eigenvalue weighted by Gasteiger charge is -2.21. The predicted octanol–water partition coefficient (Wildman–Crippen LogP) is 3.59. The first-order chi connectivity index (χ1) is 9.02. The SMILES string of the molecule is CC(CN(C)C)n1c(CCCl)nc2cc(Cl)ccc21. The van der Waals surface area contributed by atoms with E-state index in [4.69, 9.17) is 23.2 Å². The molecule has 1 atom stereocenters. The van der Waals surface area contributed by atoms with Gasteiger partial charge in [0, 0.05) is 29.9 Å². The minimum Gasteiger partial charge on any atom is -0.324 e. The summed E-state index contributed by atoms with van der Waals surface area (Å²) in [4.78, 5) is 6.84. The normalized spacial score (nSPS) is 13.4. The van der Waals surface area contributed by atoms with Crippen LogP contribution in [0, 0.1) is 0 Å². The second-order valence-corrected chi connectivity index (χ2v) is 5.90. The Morgan fingerprint density at radius 1 is 1.37 bits per heavy atom. The van der Waals surface area contributed by atoms with Gasteiger partial charge in [0.25, 0.3) is 0 Å². The van der Waals surface area contributed by atoms with E-state index in [-0.39, 0.29) is 0 Å². The number of rotatable bonds is 5. The smallest absolute Gasteiger partial charge is 0.111 e. The number of imidazole rings is 1. The summed E-state index contributed by atoms with van der Waals surface area (Å²) in [6.45, 7) is 3.16. The molecule has 2 aromatic rings. The number of likely N-dealkylation sites (N-methyl/N-ethyl adjacent to an activating group) is 1. The van der Waals surface area contributed by atoms with Crippen molar-refractivity contribution in [1.29, 1.82) is 0 Å². The number of aromatic nitrogens is 2. The summed E-state index contributed by atoms with van der Waals surface area (Å²) in [5.41, 5.74) is 2.07. The number of benzene rings is 1. The summed E-state index contributed by atoms with van der Waals surface area (Å²) < 4.78 is 2.27. The van der Waals surface area contributed by atoms with Gasteiger partial charge in [0.15, 0.2) is 0 Å². The molecule has 0 fully saturated rings. The number of hydrogen-bond acceptors (Lipinski definition) is 2. The molecule has 1 aromatic carbocycles. The maximum atomic E-state index is 6.04. The van der Waals surface area contributed by atoms with Gasteiger partial charge in [-0.2, -0.15) is 0 Å². The first kappa shape index (κ1) is 14.6. The Balaban J connectivity index is 2.51. The minimum absolute atomic E-state index is 0.347. The van der Waals surface area contributed by atoms with Gasteiger partial charge in [0.2, 0.25) is 0 Å². The van der Waals surface area contributed by atoms with E-state index in [1.54, 1.807) is 0 Å². The van der Waals surface area contributed by atoms with Gasteiger partial charge in [0.05, 0.1) is 11.0 Å². The highest BCUT2D eigenvalue weighted by atomic mass is 35.5. The highest BCUT2D eigenvalue weighted by molar-refractivity contribution is 6.31. The van der Waals surface area contributed by atoms with Crippen molar-refractivity contribution >= 4 is 34.2 Å². The summed E-state index contributed by atoms with van der Waals surface area (Å²) in [5, 5.41) is 0.717. The van der Waals surface area contributed by atoms with Crippen molar-refractivity contribution in [3.8, 4) is 0 Å². The molecule has 0 saturated heterocycles. The number of halogens is 2. The molecule has 2 rings (SSSR count). The lowest BCUT2D eigenvalue weighted by atomic mass is 10.2. The highest BCUT2D eigenvalue weighted by Gasteiger charge is 2.16. The monoisotopic (exact) mass is 299 g/mol. The van der Waals surface area contributed by atoms with Crippen LogP contribution in [0.15, 0.2) is 18.2 Å². The van der Waals surface area contributed by atoms with E-state index in [0.717, 1.165) is 34.8 Å². The van der Waals surface area contributed by atoms with Crippen LogP contribution in [0.5, 0.6) is 0 Å². The molecule has 1 aromatic heterocycles. The number of nitrogens with zero attached hydrogens (tertiary/aromatic N) is 3. The Hall–Kier alpha value is -0.770. The molecule has 1 unspecified atom stereocenters. The summed E-state index contributed by atoms with van der Waals surface area (Å²) in [6.07, 6.45) is 0.769. The van der Waals surface area contributed by atoms with E-state index in [1.165, 1.54) is 0 Å². The Kier molecular flexibility index (Phi) is 4.71. The summed E-state index contributed by atoms with van der Waals surface area (Å²) in [6, 6.07) is 6.20. The van der Waals surface area contributed by atoms with Crippen LogP contribution < -0.4 is 0 Å². The van der Waals surface area contributed by atoms with Crippen LogP contribution in [-0.2, 0) is 6.42 Å². The van der Waals surface area contributed by atoms with Crippen LogP contribution >= 0.6 is 23.2 Å². The largest absolute Gasteiger partial charge is 0.324 e. The topological polar surface area (TPSA) is 21.1 Å². The van der Waals surface area contributed by atoms with Crippen LogP contribution in [0.3, 0.4) is 0 Å². The fraction of sp³-hybridized carbons (Fsp3) is 0.500. The van der Waals surface area contributed by atoms with E-state index in [0.29, 0.717) is 11.9 Å². The van der Waals surface area contributed by atoms with Gasteiger partial charge in [-0.1, -0.05) is 11.6 Å². The molecule has 1 heterocycles. The molecule has 0 spiro atoms. The average molecular weight is 300 g/mol. The molecule has 5 heteroatoms. The number of aryl methyl sites for hydroxylation is 1. The van der Waals surface area contributed by atoms with Crippen LogP contribution in [0.25, 0.3) is 11.0 Å². The Bertz CT molecular complexity index is 563. The van der Waals surface area contributed by atoms with Crippen molar-refractivity contribution in [2.75, 3.05) is 26.5 Å². The van der Waals surface area contributed by atoms with Crippen LogP contribution in [0.1, 0.15) is 18.8 Å². The molecule has 0 N–H and O–H groups in total. The second kappa shape index (κ2) is 6.12. The third-order valence-corrected chi connectivity index (χ3v) is 3.54. The zero-order valence-electron chi connectivity index (χ0n) is 11.5. The van der Waals surface area contributed by atoms with E-state index in [9.17, 15) is 0 Å². The predicted molar refractivity (Wildman–Crippen MR) is 82.4 cm³/mol. The van der Waals surface area contributed by atoms with Gasteiger partial charge in [0.1, 0.15) is 5.82 Å². The van der Waals surface area contributed by atoms with Gasteiger partial charge in [-0.05, 0) is 39.2 Å². The van der Waals surface area contributed by atoms with Crippen molar-refractivity contribution < 1.29 is 0 Å². The summed E-state index contributed by atoms with van der Waals surface area (Å²) in [5.74, 6) is 1.60. The number of hydrogen-bond donors (Lipinski definition) is 0. The van der Waals surface area contributed by atoms with Crippen molar-refractivity contribution in [3.05, 3.63) is 29.0 Å². The quantitative estimate of drug-likeness (QED) is 0.787. The summed E-state index contributed by atoms with van der Waals surface area (Å²) in [7, 11) is 4.15. The minimum atomic E-state index is 0.347. The average Bonchev–Trinajstić information content (AvgIpc) is 2.65. The van der Waals surface area contributed by atoms with Gasteiger partial charge >= 0.3 is 0 Å². The first-order valence-electron chi connectivity index (χ1n) is 6.40. The maximum absolute atomic E-state index is 6.04. The molecule has 0 aliphatic carbocycles. The maximum Gasteiger partial charge on any atom is 0.111 e. The lowest BCUT2D eigenvalue weighted by molar-refractivity contribution is 0.337. The van der Waals surface area contributed by atoms with Gasteiger partial charge in [-0.15, -0.1) is 11.6 Å². The third kappa shape index (κ3) is 3.22. The zero-order chi connectivity index (χ0) is 14.0. The van der Waals surface area contributed by atoms with Crippen molar-refractivity contribution in [1.82, 2.24) is 14.5 Å². The van der Waals surface area contributed by atoms with E-state index in [1.807, 2.05) is 18.2 Å². The van der Waals surface area contributed by atoms with Gasteiger partial charge in [-0.25, -0.2) is 4.98 Å². The van der Waals surface area contributed by atoms with E-state index in [2.05, 4.69) is 35.5 Å². The Labute approximate surface area is 124 Å². The van der Waals surface area contributed by atoms with E-state index < -0.39 is 0 Å². The zero-order valence-corrected chi connectivity index (χ0v) is 13.0. The lowest BCUT2D eigenvalue weighted by Crippen LogP contribution is -2.23. The molecule has 104 valence electrons. The number of alkyl halides is 1. The van der Waals surface area contributed by atoms with E-state index >= 15 is 0 Å². The van der Waals surface area contributed by atoms with Crippen molar-refractivity contribution in [2.24, 2.45) is 0 Å². The second-order valence-electron chi connectivity index (χ2n) is 5.08. The Morgan fingerprint density at radius 2 is 2.11 bits per heavy atom. The van der Waals surface area contributed by atoms with Gasteiger partial charge < -0.3 is 9.47 Å². The fourth-order valence-corrected chi connectivity index (χ4v) is 2.82. The number of fused-ring (bicyclic) bond motifs is 1. The highest BCUT2D eigenvalue weighted by Crippen LogP contribution is 2.24. The molecular weight excluding hydrogens is 281 g/mol. The standard InChI is InChI=1S/C14H19Cl2N3/c1-10(9-18(2)3)19-13-5-4-11(16)8-12(13)17-14(19)6-7-15/h4-5,8,10H,6-7,9H2,1-3H3.